The van der Waals surface area contributed by atoms with Gasteiger partial charge in [0.2, 0.25) is 0 Å². The quantitative estimate of drug-likeness (QED) is 0.552. The van der Waals surface area contributed by atoms with Gasteiger partial charge in [-0.25, -0.2) is 13.2 Å². The van der Waals surface area contributed by atoms with Crippen molar-refractivity contribution in [2.45, 2.75) is 18.8 Å². The molecule has 0 radical (unpaired) electrons. The molecule has 138 valence electrons. The van der Waals surface area contributed by atoms with Crippen molar-refractivity contribution >= 4 is 17.3 Å². The Morgan fingerprint density at radius 2 is 1.59 bits per heavy atom. The van der Waals surface area contributed by atoms with Gasteiger partial charge in [0.15, 0.2) is 0 Å². The zero-order chi connectivity index (χ0) is 19.2. The number of fused-ring (bicyclic) bond motifs is 1. The minimum Gasteiger partial charge on any atom is -0.384 e. The minimum atomic E-state index is -0.575. The average molecular weight is 388 g/mol. The van der Waals surface area contributed by atoms with E-state index < -0.39 is 17.5 Å². The SMILES string of the molecule is CC1(Cc2cc(F)cc(F)c2)CNc2ccc(-c3ccc(F)c(Cl)c3)cc21. The molecule has 0 bridgehead atoms. The lowest BCUT2D eigenvalue weighted by atomic mass is 9.78. The molecule has 1 aliphatic rings. The fourth-order valence-electron chi connectivity index (χ4n) is 3.76. The van der Waals surface area contributed by atoms with Crippen LogP contribution in [0.4, 0.5) is 18.9 Å². The molecule has 0 saturated heterocycles. The summed E-state index contributed by atoms with van der Waals surface area (Å²) in [7, 11) is 0. The number of hydrogen-bond donors (Lipinski definition) is 1. The summed E-state index contributed by atoms with van der Waals surface area (Å²) >= 11 is 5.92. The van der Waals surface area contributed by atoms with Crippen molar-refractivity contribution in [1.29, 1.82) is 0 Å². The van der Waals surface area contributed by atoms with E-state index in [0.717, 1.165) is 28.4 Å². The molecule has 1 N–H and O–H groups in total. The van der Waals surface area contributed by atoms with Gasteiger partial charge in [0, 0.05) is 23.7 Å². The molecule has 0 spiro atoms. The smallest absolute Gasteiger partial charge is 0.141 e. The summed E-state index contributed by atoms with van der Waals surface area (Å²) in [6.07, 6.45) is 0.495. The van der Waals surface area contributed by atoms with Crippen LogP contribution in [-0.4, -0.2) is 6.54 Å². The monoisotopic (exact) mass is 387 g/mol. The van der Waals surface area contributed by atoms with Crippen LogP contribution in [0.25, 0.3) is 11.1 Å². The maximum Gasteiger partial charge on any atom is 0.141 e. The lowest BCUT2D eigenvalue weighted by molar-refractivity contribution is 0.512. The molecule has 1 heterocycles. The average Bonchev–Trinajstić information content (AvgIpc) is 2.92. The van der Waals surface area contributed by atoms with Gasteiger partial charge in [-0.3, -0.25) is 0 Å². The summed E-state index contributed by atoms with van der Waals surface area (Å²) in [5.74, 6) is -1.61. The van der Waals surface area contributed by atoms with Crippen LogP contribution in [0.15, 0.2) is 54.6 Å². The molecule has 4 rings (SSSR count). The predicted octanol–water partition coefficient (Wildman–Crippen LogP) is 6.35. The highest BCUT2D eigenvalue weighted by Gasteiger charge is 2.35. The van der Waals surface area contributed by atoms with E-state index in [0.29, 0.717) is 18.5 Å². The molecule has 1 atom stereocenters. The Bertz CT molecular complexity index is 1010. The van der Waals surface area contributed by atoms with E-state index in [1.165, 1.54) is 18.2 Å². The third-order valence-corrected chi connectivity index (χ3v) is 5.40. The molecule has 0 amide bonds. The topological polar surface area (TPSA) is 12.0 Å². The van der Waals surface area contributed by atoms with Crippen molar-refractivity contribution in [3.8, 4) is 11.1 Å². The standard InChI is InChI=1S/C22H17ClF3N/c1-22(11-13-6-16(24)10-17(25)7-13)12-27-21-5-3-14(8-18(21)22)15-2-4-20(26)19(23)9-15/h2-10,27H,11-12H2,1H3. The zero-order valence-corrected chi connectivity index (χ0v) is 15.4. The van der Waals surface area contributed by atoms with Gasteiger partial charge in [-0.05, 0) is 65.1 Å². The first-order chi connectivity index (χ1) is 12.8. The third kappa shape index (κ3) is 3.42. The van der Waals surface area contributed by atoms with Crippen molar-refractivity contribution in [1.82, 2.24) is 0 Å². The molecule has 1 aliphatic heterocycles. The lowest BCUT2D eigenvalue weighted by Gasteiger charge is -2.25. The Kier molecular flexibility index (Phi) is 4.39. The van der Waals surface area contributed by atoms with Gasteiger partial charge < -0.3 is 5.32 Å². The molecule has 0 aromatic heterocycles. The maximum atomic E-state index is 13.6. The largest absolute Gasteiger partial charge is 0.384 e. The summed E-state index contributed by atoms with van der Waals surface area (Å²) in [6.45, 7) is 2.73. The van der Waals surface area contributed by atoms with Crippen LogP contribution in [0.2, 0.25) is 5.02 Å². The molecule has 1 nitrogen and oxygen atoms in total. The van der Waals surface area contributed by atoms with E-state index in [2.05, 4.69) is 12.2 Å². The van der Waals surface area contributed by atoms with E-state index in [1.54, 1.807) is 12.1 Å². The van der Waals surface area contributed by atoms with Crippen LogP contribution in [0.1, 0.15) is 18.1 Å². The van der Waals surface area contributed by atoms with E-state index >= 15 is 0 Å². The van der Waals surface area contributed by atoms with Crippen LogP contribution in [0.3, 0.4) is 0 Å². The summed E-state index contributed by atoms with van der Waals surface area (Å²) in [6, 6.07) is 14.2. The molecule has 0 aliphatic carbocycles. The fraction of sp³-hybridized carbons (Fsp3) is 0.182. The molecule has 3 aromatic carbocycles. The number of rotatable bonds is 3. The molecule has 0 fully saturated rings. The molecular formula is C22H17ClF3N. The molecular weight excluding hydrogens is 371 g/mol. The highest BCUT2D eigenvalue weighted by molar-refractivity contribution is 6.31. The molecule has 27 heavy (non-hydrogen) atoms. The Balaban J connectivity index is 1.72. The summed E-state index contributed by atoms with van der Waals surface area (Å²) in [5, 5.41) is 3.44. The highest BCUT2D eigenvalue weighted by Crippen LogP contribution is 2.41. The number of nitrogens with one attached hydrogen (secondary N) is 1. The molecule has 3 aromatic rings. The van der Waals surface area contributed by atoms with Gasteiger partial charge in [-0.2, -0.15) is 0 Å². The fourth-order valence-corrected chi connectivity index (χ4v) is 3.94. The Hall–Kier alpha value is -2.46. The predicted molar refractivity (Wildman–Crippen MR) is 103 cm³/mol. The highest BCUT2D eigenvalue weighted by atomic mass is 35.5. The van der Waals surface area contributed by atoms with E-state index in [-0.39, 0.29) is 10.4 Å². The maximum absolute atomic E-state index is 13.6. The van der Waals surface area contributed by atoms with Crippen molar-refractivity contribution in [3.05, 3.63) is 88.2 Å². The second kappa shape index (κ2) is 6.61. The first-order valence-corrected chi connectivity index (χ1v) is 9.01. The van der Waals surface area contributed by atoms with Gasteiger partial charge in [0.05, 0.1) is 5.02 Å². The second-order valence-electron chi connectivity index (χ2n) is 7.26. The van der Waals surface area contributed by atoms with E-state index in [1.807, 2.05) is 18.2 Å². The van der Waals surface area contributed by atoms with Gasteiger partial charge in [-0.1, -0.05) is 30.7 Å². The van der Waals surface area contributed by atoms with Crippen LogP contribution in [-0.2, 0) is 11.8 Å². The summed E-state index contributed by atoms with van der Waals surface area (Å²) in [5.41, 5.74) is 4.07. The van der Waals surface area contributed by atoms with Crippen LogP contribution in [0, 0.1) is 17.5 Å². The lowest BCUT2D eigenvalue weighted by Crippen LogP contribution is -2.27. The second-order valence-corrected chi connectivity index (χ2v) is 7.67. The van der Waals surface area contributed by atoms with Crippen molar-refractivity contribution < 1.29 is 13.2 Å². The first-order valence-electron chi connectivity index (χ1n) is 8.63. The number of hydrogen-bond acceptors (Lipinski definition) is 1. The van der Waals surface area contributed by atoms with Crippen LogP contribution in [0.5, 0.6) is 0 Å². The summed E-state index contributed by atoms with van der Waals surface area (Å²) in [4.78, 5) is 0. The number of halogens is 4. The third-order valence-electron chi connectivity index (χ3n) is 5.11. The van der Waals surface area contributed by atoms with Crippen LogP contribution >= 0.6 is 11.6 Å². The number of anilines is 1. The first kappa shape index (κ1) is 17.9. The molecule has 1 unspecified atom stereocenters. The Labute approximate surface area is 160 Å². The number of benzene rings is 3. The normalized spacial score (nSPS) is 18.3. The van der Waals surface area contributed by atoms with Crippen molar-refractivity contribution in [3.63, 3.8) is 0 Å². The van der Waals surface area contributed by atoms with Crippen molar-refractivity contribution in [2.75, 3.05) is 11.9 Å². The van der Waals surface area contributed by atoms with Gasteiger partial charge in [-0.15, -0.1) is 0 Å². The van der Waals surface area contributed by atoms with Gasteiger partial charge in [0.1, 0.15) is 17.5 Å². The van der Waals surface area contributed by atoms with Crippen LogP contribution < -0.4 is 5.32 Å². The molecule has 5 heteroatoms. The van der Waals surface area contributed by atoms with E-state index in [9.17, 15) is 13.2 Å². The van der Waals surface area contributed by atoms with Gasteiger partial charge in [0.25, 0.3) is 0 Å². The van der Waals surface area contributed by atoms with E-state index in [4.69, 9.17) is 11.6 Å². The molecule has 0 saturated carbocycles. The minimum absolute atomic E-state index is 0.0733. The zero-order valence-electron chi connectivity index (χ0n) is 14.6. The Morgan fingerprint density at radius 3 is 2.30 bits per heavy atom. The van der Waals surface area contributed by atoms with Crippen molar-refractivity contribution in [2.24, 2.45) is 0 Å². The summed E-state index contributed by atoms with van der Waals surface area (Å²) < 4.78 is 40.6. The Morgan fingerprint density at radius 1 is 0.926 bits per heavy atom. The van der Waals surface area contributed by atoms with Gasteiger partial charge >= 0.3 is 0 Å².